The maximum atomic E-state index is 10.0. The first-order chi connectivity index (χ1) is 3.13. The van der Waals surface area contributed by atoms with E-state index in [4.69, 9.17) is 0 Å². The van der Waals surface area contributed by atoms with Gasteiger partial charge in [-0.2, -0.15) is 0 Å². The van der Waals surface area contributed by atoms with Gasteiger partial charge in [-0.1, -0.05) is 0 Å². The van der Waals surface area contributed by atoms with Crippen molar-refractivity contribution in [1.82, 2.24) is 0 Å². The second-order valence-corrected chi connectivity index (χ2v) is 1.96. The number of ketones is 1. The van der Waals surface area contributed by atoms with Gasteiger partial charge in [-0.15, -0.1) is 0 Å². The summed E-state index contributed by atoms with van der Waals surface area (Å²) in [7, 11) is 0. The van der Waals surface area contributed by atoms with Gasteiger partial charge in [-0.25, -0.2) is 0 Å². The predicted molar refractivity (Wildman–Crippen MR) is 20.3 cm³/mol. The van der Waals surface area contributed by atoms with Crippen LogP contribution in [-0.4, -0.2) is 10.4 Å². The van der Waals surface area contributed by atoms with Crippen molar-refractivity contribution in [2.75, 3.05) is 0 Å². The van der Waals surface area contributed by atoms with Gasteiger partial charge in [0.05, 0.1) is 0 Å². The molecule has 0 rings (SSSR count). The molecule has 0 aliphatic rings. The van der Waals surface area contributed by atoms with E-state index in [1.54, 1.807) is 0 Å². The fraction of sp³-hybridized carbons (Fsp3) is 0.500. The van der Waals surface area contributed by atoms with Gasteiger partial charge < -0.3 is 0 Å². The first kappa shape index (κ1) is 6.87. The molecule has 7 heavy (non-hydrogen) atoms. The molecule has 0 saturated heterocycles. The molecule has 0 unspecified atom stereocenters. The number of rotatable bonds is 2. The van der Waals surface area contributed by atoms with E-state index < -0.39 is 0 Å². The van der Waals surface area contributed by atoms with Gasteiger partial charge in [0.1, 0.15) is 0 Å². The van der Waals surface area contributed by atoms with Crippen LogP contribution in [0.5, 0.6) is 0 Å². The van der Waals surface area contributed by atoms with E-state index in [-0.39, 0.29) is 16.8 Å². The molecule has 0 atom stereocenters. The van der Waals surface area contributed by atoms with Crippen molar-refractivity contribution in [3.8, 4) is 0 Å². The maximum absolute atomic E-state index is 10.0. The van der Waals surface area contributed by atoms with Gasteiger partial charge in [-0.3, -0.25) is 0 Å². The average Bonchev–Trinajstić information content (AvgIpc) is 1.27. The molecule has 0 saturated carbocycles. The Kier molecular flexibility index (Phi) is 2.90. The Morgan fingerprint density at radius 2 is 2.00 bits per heavy atom. The van der Waals surface area contributed by atoms with E-state index in [0.717, 1.165) is 0 Å². The normalized spacial score (nSPS) is 8.14. The Morgan fingerprint density at radius 1 is 1.57 bits per heavy atom. The van der Waals surface area contributed by atoms with Gasteiger partial charge in [-0.05, 0) is 0 Å². The van der Waals surface area contributed by atoms with Crippen LogP contribution in [0.3, 0.4) is 0 Å². The van der Waals surface area contributed by atoms with Crippen molar-refractivity contribution in [1.29, 1.82) is 0 Å². The van der Waals surface area contributed by atoms with E-state index in [1.807, 2.05) is 0 Å². The van der Waals surface area contributed by atoms with E-state index in [0.29, 0.717) is 0 Å². The summed E-state index contributed by atoms with van der Waals surface area (Å²) < 4.78 is -0.187. The van der Waals surface area contributed by atoms with E-state index in [9.17, 15) is 9.59 Å². The minimum absolute atomic E-state index is 0.0278. The molecule has 0 bridgehead atoms. The molecule has 0 amide bonds. The first-order valence-electron chi connectivity index (χ1n) is 1.82. The van der Waals surface area contributed by atoms with E-state index in [1.165, 1.54) is 6.92 Å². The SMILES string of the molecule is CC(=O)C[C](=O)[Cr]. The summed E-state index contributed by atoms with van der Waals surface area (Å²) in [5, 5.41) is 0. The van der Waals surface area contributed by atoms with Crippen LogP contribution < -0.4 is 0 Å². The summed E-state index contributed by atoms with van der Waals surface area (Å²) in [6.45, 7) is 1.38. The molecule has 2 nitrogen and oxygen atoms in total. The second kappa shape index (κ2) is 2.95. The van der Waals surface area contributed by atoms with Crippen LogP contribution in [0.15, 0.2) is 0 Å². The van der Waals surface area contributed by atoms with Gasteiger partial charge in [0.2, 0.25) is 0 Å². The van der Waals surface area contributed by atoms with Crippen molar-refractivity contribution < 1.29 is 25.9 Å². The number of carbonyl (C=O) groups excluding carboxylic acids is 2. The molecule has 0 heterocycles. The Hall–Kier alpha value is -0.128. The van der Waals surface area contributed by atoms with Crippen LogP contribution in [0.2, 0.25) is 0 Å². The third-order valence-electron chi connectivity index (χ3n) is 0.393. The third kappa shape index (κ3) is 5.87. The Balaban J connectivity index is 3.32. The van der Waals surface area contributed by atoms with Crippen LogP contribution in [-0.2, 0) is 25.9 Å². The molecular weight excluding hydrogens is 132 g/mol. The fourth-order valence-corrected chi connectivity index (χ4v) is 0.521. The van der Waals surface area contributed by atoms with Crippen LogP contribution in [0, 0.1) is 0 Å². The molecule has 0 aliphatic carbocycles. The van der Waals surface area contributed by atoms with E-state index in [2.05, 4.69) is 16.3 Å². The predicted octanol–water partition coefficient (Wildman–Crippen LogP) is 0.0389. The van der Waals surface area contributed by atoms with E-state index >= 15 is 0 Å². The molecule has 0 aromatic rings. The molecule has 0 spiro atoms. The van der Waals surface area contributed by atoms with Crippen molar-refractivity contribution in [3.63, 3.8) is 0 Å². The van der Waals surface area contributed by atoms with Crippen molar-refractivity contribution in [3.05, 3.63) is 0 Å². The Labute approximate surface area is 50.3 Å². The number of Topliss-reactive ketones (excluding diaryl/α,β-unsaturated/α-hetero) is 1. The molecule has 39 valence electrons. The van der Waals surface area contributed by atoms with Crippen molar-refractivity contribution >= 4 is 10.4 Å². The molecule has 0 aliphatic heterocycles. The summed E-state index contributed by atoms with van der Waals surface area (Å²) in [6.07, 6.45) is 0.0278. The number of hydrogen-bond donors (Lipinski definition) is 0. The summed E-state index contributed by atoms with van der Waals surface area (Å²) in [5.74, 6) is -0.0937. The van der Waals surface area contributed by atoms with Gasteiger partial charge >= 0.3 is 49.7 Å². The molecule has 0 radical (unpaired) electrons. The molecular formula is C4H5CrO2. The second-order valence-electron chi connectivity index (χ2n) is 1.25. The quantitative estimate of drug-likeness (QED) is 0.503. The molecule has 3 heteroatoms. The zero-order chi connectivity index (χ0) is 5.86. The topological polar surface area (TPSA) is 34.1 Å². The third-order valence-corrected chi connectivity index (χ3v) is 0.619. The molecule has 0 fully saturated rings. The minimum atomic E-state index is -0.187. The van der Waals surface area contributed by atoms with Crippen LogP contribution in [0.1, 0.15) is 13.3 Å². The van der Waals surface area contributed by atoms with Crippen molar-refractivity contribution in [2.45, 2.75) is 13.3 Å². The summed E-state index contributed by atoms with van der Waals surface area (Å²) in [6, 6.07) is 0. The van der Waals surface area contributed by atoms with Crippen molar-refractivity contribution in [2.24, 2.45) is 0 Å². The molecule has 0 N–H and O–H groups in total. The van der Waals surface area contributed by atoms with Crippen LogP contribution in [0.4, 0.5) is 0 Å². The number of carbonyl (C=O) groups is 2. The number of hydrogen-bond acceptors (Lipinski definition) is 2. The van der Waals surface area contributed by atoms with Gasteiger partial charge in [0.15, 0.2) is 0 Å². The summed E-state index contributed by atoms with van der Waals surface area (Å²) in [5.41, 5.74) is 0. The van der Waals surface area contributed by atoms with Crippen LogP contribution >= 0.6 is 0 Å². The summed E-state index contributed by atoms with van der Waals surface area (Å²) in [4.78, 5) is 20.0. The molecule has 0 aromatic heterocycles. The van der Waals surface area contributed by atoms with Gasteiger partial charge in [0, 0.05) is 0 Å². The monoisotopic (exact) mass is 137 g/mol. The average molecular weight is 137 g/mol. The summed E-state index contributed by atoms with van der Waals surface area (Å²) >= 11 is 2.21. The zero-order valence-electron chi connectivity index (χ0n) is 3.93. The molecule has 0 aromatic carbocycles. The first-order valence-corrected chi connectivity index (χ1v) is 2.46. The zero-order valence-corrected chi connectivity index (χ0v) is 5.21. The standard InChI is InChI=1S/C4H5O2.Cr/c1-4(6)2-3-5;/h2H2,1H3;. The fourth-order valence-electron chi connectivity index (χ4n) is 0.203. The Bertz CT molecular complexity index is 85.9. The van der Waals surface area contributed by atoms with Crippen LogP contribution in [0.25, 0.3) is 0 Å². The Morgan fingerprint density at radius 3 is 2.00 bits per heavy atom. The van der Waals surface area contributed by atoms with Gasteiger partial charge in [0.25, 0.3) is 0 Å².